The normalized spacial score (nSPS) is 20.8. The van der Waals surface area contributed by atoms with Crippen LogP contribution in [0.25, 0.3) is 0 Å². The molecule has 10 nitrogen and oxygen atoms in total. The van der Waals surface area contributed by atoms with Gasteiger partial charge in [-0.2, -0.15) is 0 Å². The van der Waals surface area contributed by atoms with Crippen molar-refractivity contribution in [2.45, 2.75) is 19.3 Å². The molecule has 0 aromatic heterocycles. The van der Waals surface area contributed by atoms with Crippen LogP contribution >= 0.6 is 0 Å². The van der Waals surface area contributed by atoms with E-state index in [4.69, 9.17) is 0 Å². The molecule has 2 heterocycles. The standard InChI is InChI=1S/C11H12N4O6/c16-6-4(7(17)13-10(20)12-6)2-1-3-5-8(18)14-11(21)15-9(5)19/h4-5H,1-3H2,(H2,12,13,16,17,20)(H2,14,15,18,19,21). The Morgan fingerprint density at radius 1 is 0.571 bits per heavy atom. The molecule has 2 aliphatic heterocycles. The number of barbiturate groups is 2. The topological polar surface area (TPSA) is 151 Å². The van der Waals surface area contributed by atoms with Gasteiger partial charge in [-0.1, -0.05) is 6.42 Å². The molecule has 10 heteroatoms. The first-order chi connectivity index (χ1) is 9.88. The van der Waals surface area contributed by atoms with E-state index in [1.54, 1.807) is 0 Å². The number of urea groups is 2. The molecule has 0 saturated carbocycles. The minimum absolute atomic E-state index is 0.0793. The predicted octanol–water partition coefficient (Wildman–Crippen LogP) is -1.88. The first-order valence-corrected chi connectivity index (χ1v) is 6.20. The molecule has 2 rings (SSSR count). The molecule has 21 heavy (non-hydrogen) atoms. The summed E-state index contributed by atoms with van der Waals surface area (Å²) in [6, 6.07) is -1.74. The third-order valence-corrected chi connectivity index (χ3v) is 3.20. The lowest BCUT2D eigenvalue weighted by molar-refractivity contribution is -0.136. The highest BCUT2D eigenvalue weighted by molar-refractivity contribution is 6.16. The van der Waals surface area contributed by atoms with E-state index in [0.717, 1.165) is 0 Å². The smallest absolute Gasteiger partial charge is 0.277 e. The van der Waals surface area contributed by atoms with Crippen molar-refractivity contribution in [2.24, 2.45) is 11.8 Å². The summed E-state index contributed by atoms with van der Waals surface area (Å²) in [7, 11) is 0. The highest BCUT2D eigenvalue weighted by atomic mass is 16.2. The van der Waals surface area contributed by atoms with Crippen LogP contribution in [-0.2, 0) is 19.2 Å². The Kier molecular flexibility index (Phi) is 3.96. The molecule has 0 aromatic rings. The maximum Gasteiger partial charge on any atom is 0.328 e. The predicted molar refractivity (Wildman–Crippen MR) is 64.2 cm³/mol. The number of rotatable bonds is 4. The maximum atomic E-state index is 11.5. The number of hydrogen-bond acceptors (Lipinski definition) is 6. The van der Waals surface area contributed by atoms with Crippen LogP contribution in [0.3, 0.4) is 0 Å². The van der Waals surface area contributed by atoms with Crippen LogP contribution in [0.2, 0.25) is 0 Å². The van der Waals surface area contributed by atoms with Gasteiger partial charge in [0.2, 0.25) is 23.6 Å². The molecule has 0 unspecified atom stereocenters. The third-order valence-electron chi connectivity index (χ3n) is 3.20. The van der Waals surface area contributed by atoms with Crippen molar-refractivity contribution in [3.05, 3.63) is 0 Å². The number of hydrogen-bond donors (Lipinski definition) is 4. The lowest BCUT2D eigenvalue weighted by Gasteiger charge is -2.22. The molecule has 2 aliphatic rings. The van der Waals surface area contributed by atoms with Crippen LogP contribution in [-0.4, -0.2) is 35.7 Å². The van der Waals surface area contributed by atoms with Crippen molar-refractivity contribution >= 4 is 35.7 Å². The van der Waals surface area contributed by atoms with Crippen LogP contribution in [0.4, 0.5) is 9.59 Å². The summed E-state index contributed by atoms with van der Waals surface area (Å²) in [5.41, 5.74) is 0. The van der Waals surface area contributed by atoms with Gasteiger partial charge in [0.1, 0.15) is 11.8 Å². The van der Waals surface area contributed by atoms with Crippen molar-refractivity contribution in [3.63, 3.8) is 0 Å². The summed E-state index contributed by atoms with van der Waals surface area (Å²) in [6.45, 7) is 0. The molecule has 0 atom stereocenters. The fraction of sp³-hybridized carbons (Fsp3) is 0.455. The van der Waals surface area contributed by atoms with Gasteiger partial charge in [-0.3, -0.25) is 40.4 Å². The second kappa shape index (κ2) is 5.69. The first-order valence-electron chi connectivity index (χ1n) is 6.20. The molecular formula is C11H12N4O6. The molecule has 0 bridgehead atoms. The van der Waals surface area contributed by atoms with Gasteiger partial charge in [-0.05, 0) is 12.8 Å². The van der Waals surface area contributed by atoms with Crippen LogP contribution < -0.4 is 21.3 Å². The van der Waals surface area contributed by atoms with Crippen molar-refractivity contribution in [1.29, 1.82) is 0 Å². The van der Waals surface area contributed by atoms with Gasteiger partial charge in [0, 0.05) is 0 Å². The summed E-state index contributed by atoms with van der Waals surface area (Å²) < 4.78 is 0. The Hall–Kier alpha value is -2.78. The summed E-state index contributed by atoms with van der Waals surface area (Å²) >= 11 is 0. The summed E-state index contributed by atoms with van der Waals surface area (Å²) in [4.78, 5) is 67.6. The van der Waals surface area contributed by atoms with Crippen LogP contribution in [0.15, 0.2) is 0 Å². The number of carbonyl (C=O) groups is 6. The van der Waals surface area contributed by atoms with Crippen molar-refractivity contribution < 1.29 is 28.8 Å². The Balaban J connectivity index is 1.86. The molecule has 4 N–H and O–H groups in total. The van der Waals surface area contributed by atoms with Gasteiger partial charge >= 0.3 is 12.1 Å². The summed E-state index contributed by atoms with van der Waals surface area (Å²) in [5.74, 6) is -4.93. The van der Waals surface area contributed by atoms with Gasteiger partial charge in [-0.15, -0.1) is 0 Å². The Bertz CT molecular complexity index is 469. The van der Waals surface area contributed by atoms with Crippen LogP contribution in [0, 0.1) is 11.8 Å². The molecule has 0 aliphatic carbocycles. The molecule has 2 fully saturated rings. The molecule has 8 amide bonds. The molecule has 0 aromatic carbocycles. The van der Waals surface area contributed by atoms with Gasteiger partial charge < -0.3 is 0 Å². The molecule has 2 saturated heterocycles. The van der Waals surface area contributed by atoms with E-state index in [1.165, 1.54) is 0 Å². The second-order valence-corrected chi connectivity index (χ2v) is 4.65. The Morgan fingerprint density at radius 2 is 0.857 bits per heavy atom. The van der Waals surface area contributed by atoms with Gasteiger partial charge in [0.05, 0.1) is 0 Å². The largest absolute Gasteiger partial charge is 0.328 e. The number of carbonyl (C=O) groups excluding carboxylic acids is 6. The van der Waals surface area contributed by atoms with Crippen molar-refractivity contribution in [1.82, 2.24) is 21.3 Å². The number of amides is 8. The quantitative estimate of drug-likeness (QED) is 0.446. The van der Waals surface area contributed by atoms with E-state index < -0.39 is 47.5 Å². The lowest BCUT2D eigenvalue weighted by Crippen LogP contribution is -2.56. The van der Waals surface area contributed by atoms with Crippen LogP contribution in [0.1, 0.15) is 19.3 Å². The molecule has 112 valence electrons. The van der Waals surface area contributed by atoms with Crippen LogP contribution in [0.5, 0.6) is 0 Å². The highest BCUT2D eigenvalue weighted by Gasteiger charge is 2.36. The van der Waals surface area contributed by atoms with Crippen molar-refractivity contribution in [3.8, 4) is 0 Å². The number of imide groups is 4. The zero-order valence-corrected chi connectivity index (χ0v) is 10.7. The Morgan fingerprint density at radius 3 is 1.14 bits per heavy atom. The summed E-state index contributed by atoms with van der Waals surface area (Å²) in [6.07, 6.45) is 0.380. The number of nitrogens with one attached hydrogen (secondary N) is 4. The zero-order chi connectivity index (χ0) is 15.6. The SMILES string of the molecule is O=C1NC(=O)C(CCCC2C(=O)NC(=O)NC2=O)C(=O)N1. The van der Waals surface area contributed by atoms with E-state index in [1.807, 2.05) is 21.3 Å². The van der Waals surface area contributed by atoms with E-state index in [-0.39, 0.29) is 19.3 Å². The van der Waals surface area contributed by atoms with E-state index in [0.29, 0.717) is 0 Å². The van der Waals surface area contributed by atoms with E-state index in [9.17, 15) is 28.8 Å². The average Bonchev–Trinajstić information content (AvgIpc) is 2.34. The van der Waals surface area contributed by atoms with Gasteiger partial charge in [-0.25, -0.2) is 9.59 Å². The minimum Gasteiger partial charge on any atom is -0.277 e. The van der Waals surface area contributed by atoms with E-state index >= 15 is 0 Å². The lowest BCUT2D eigenvalue weighted by atomic mass is 9.93. The fourth-order valence-electron chi connectivity index (χ4n) is 2.15. The van der Waals surface area contributed by atoms with Gasteiger partial charge in [0.25, 0.3) is 0 Å². The Labute approximate surface area is 118 Å². The summed E-state index contributed by atoms with van der Waals surface area (Å²) in [5, 5.41) is 7.83. The maximum absolute atomic E-state index is 11.5. The second-order valence-electron chi connectivity index (χ2n) is 4.65. The van der Waals surface area contributed by atoms with Crippen molar-refractivity contribution in [2.75, 3.05) is 0 Å². The minimum atomic E-state index is -1.04. The highest BCUT2D eigenvalue weighted by Crippen LogP contribution is 2.17. The first kappa shape index (κ1) is 14.6. The molecule has 0 spiro atoms. The van der Waals surface area contributed by atoms with Gasteiger partial charge in [0.15, 0.2) is 0 Å². The fourth-order valence-corrected chi connectivity index (χ4v) is 2.15. The zero-order valence-electron chi connectivity index (χ0n) is 10.7. The monoisotopic (exact) mass is 296 g/mol. The third kappa shape index (κ3) is 3.22. The average molecular weight is 296 g/mol. The van der Waals surface area contributed by atoms with E-state index in [2.05, 4.69) is 0 Å². The molecule has 0 radical (unpaired) electrons. The molecular weight excluding hydrogens is 284 g/mol.